The van der Waals surface area contributed by atoms with Crippen LogP contribution in [0.4, 0.5) is 0 Å². The number of carbonyl (C=O) groups is 1. The lowest BCUT2D eigenvalue weighted by Gasteiger charge is -2.10. The largest absolute Gasteiger partial charge is 0.496 e. The second kappa shape index (κ2) is 8.08. The molecule has 2 aromatic rings. The predicted octanol–water partition coefficient (Wildman–Crippen LogP) is 3.38. The van der Waals surface area contributed by atoms with Gasteiger partial charge in [-0.15, -0.1) is 0 Å². The summed E-state index contributed by atoms with van der Waals surface area (Å²) in [4.78, 5) is 11.4. The van der Waals surface area contributed by atoms with Crippen LogP contribution in [0, 0.1) is 0 Å². The van der Waals surface area contributed by atoms with E-state index in [1.165, 1.54) is 0 Å². The lowest BCUT2D eigenvalue weighted by Crippen LogP contribution is -2.07. The Bertz CT molecular complexity index is 605. The average Bonchev–Trinajstić information content (AvgIpc) is 2.54. The molecule has 0 saturated heterocycles. The fourth-order valence-corrected chi connectivity index (χ4v) is 2.07. The molecule has 4 nitrogen and oxygen atoms in total. The number of hydrogen-bond donors (Lipinski definition) is 0. The number of esters is 1. The molecule has 2 aromatic carbocycles. The second-order valence-electron chi connectivity index (χ2n) is 4.73. The molecule has 0 aliphatic rings. The molecule has 0 amide bonds. The van der Waals surface area contributed by atoms with Gasteiger partial charge in [0.25, 0.3) is 0 Å². The van der Waals surface area contributed by atoms with Crippen molar-refractivity contribution < 1.29 is 19.0 Å². The van der Waals surface area contributed by atoms with Crippen LogP contribution in [-0.2, 0) is 22.6 Å². The Hall–Kier alpha value is -2.49. The van der Waals surface area contributed by atoms with Crippen LogP contribution in [0.1, 0.15) is 18.1 Å². The summed E-state index contributed by atoms with van der Waals surface area (Å²) in [6.45, 7) is 2.63. The van der Waals surface area contributed by atoms with Crippen LogP contribution in [0.25, 0.3) is 0 Å². The van der Waals surface area contributed by atoms with Gasteiger partial charge in [-0.05, 0) is 30.7 Å². The van der Waals surface area contributed by atoms with Crippen molar-refractivity contribution in [1.29, 1.82) is 0 Å². The lowest BCUT2D eigenvalue weighted by molar-refractivity contribution is -0.142. The molecular weight excluding hydrogens is 280 g/mol. The van der Waals surface area contributed by atoms with Gasteiger partial charge in [0.15, 0.2) is 0 Å². The van der Waals surface area contributed by atoms with Gasteiger partial charge in [0, 0.05) is 5.56 Å². The third kappa shape index (κ3) is 4.52. The molecule has 0 atom stereocenters. The molecule has 0 unspecified atom stereocenters. The van der Waals surface area contributed by atoms with Crippen molar-refractivity contribution >= 4 is 5.97 Å². The summed E-state index contributed by atoms with van der Waals surface area (Å²) in [5.74, 6) is 1.34. The third-order valence-electron chi connectivity index (χ3n) is 3.16. The molecule has 4 heteroatoms. The molecule has 116 valence electrons. The molecule has 0 aliphatic heterocycles. The number of methoxy groups -OCH3 is 1. The minimum Gasteiger partial charge on any atom is -0.496 e. The highest BCUT2D eigenvalue weighted by Crippen LogP contribution is 2.20. The molecule has 0 aliphatic carbocycles. The van der Waals surface area contributed by atoms with E-state index in [9.17, 15) is 4.79 Å². The molecule has 0 aromatic heterocycles. The molecular formula is C18H20O4. The Morgan fingerprint density at radius 3 is 2.45 bits per heavy atom. The topological polar surface area (TPSA) is 44.8 Å². The predicted molar refractivity (Wildman–Crippen MR) is 84.1 cm³/mol. The summed E-state index contributed by atoms with van der Waals surface area (Å²) < 4.78 is 16.0. The van der Waals surface area contributed by atoms with E-state index in [1.807, 2.05) is 48.5 Å². The van der Waals surface area contributed by atoms with E-state index in [1.54, 1.807) is 14.0 Å². The number of ether oxygens (including phenoxy) is 3. The van der Waals surface area contributed by atoms with Gasteiger partial charge in [-0.3, -0.25) is 4.79 Å². The van der Waals surface area contributed by atoms with Crippen LogP contribution in [0.15, 0.2) is 48.5 Å². The Morgan fingerprint density at radius 1 is 1.05 bits per heavy atom. The normalized spacial score (nSPS) is 10.1. The molecule has 2 rings (SSSR count). The SMILES string of the molecule is CCOC(=O)Cc1ccc(OCc2ccccc2OC)cc1. The summed E-state index contributed by atoms with van der Waals surface area (Å²) in [6.07, 6.45) is 0.278. The van der Waals surface area contributed by atoms with Crippen LogP contribution in [-0.4, -0.2) is 19.7 Å². The van der Waals surface area contributed by atoms with Crippen molar-refractivity contribution in [3.8, 4) is 11.5 Å². The minimum atomic E-state index is -0.217. The first-order valence-electron chi connectivity index (χ1n) is 7.22. The van der Waals surface area contributed by atoms with E-state index in [0.717, 1.165) is 22.6 Å². The number of benzene rings is 2. The second-order valence-corrected chi connectivity index (χ2v) is 4.73. The zero-order valence-electron chi connectivity index (χ0n) is 12.9. The fraction of sp³-hybridized carbons (Fsp3) is 0.278. The third-order valence-corrected chi connectivity index (χ3v) is 3.16. The number of rotatable bonds is 7. The smallest absolute Gasteiger partial charge is 0.310 e. The summed E-state index contributed by atoms with van der Waals surface area (Å²) in [7, 11) is 1.64. The van der Waals surface area contributed by atoms with Crippen molar-refractivity contribution in [2.24, 2.45) is 0 Å². The monoisotopic (exact) mass is 300 g/mol. The molecule has 0 heterocycles. The molecule has 0 fully saturated rings. The van der Waals surface area contributed by atoms with Crippen molar-refractivity contribution in [3.63, 3.8) is 0 Å². The Kier molecular flexibility index (Phi) is 5.83. The highest BCUT2D eigenvalue weighted by Gasteiger charge is 2.05. The molecule has 0 spiro atoms. The van der Waals surface area contributed by atoms with E-state index in [4.69, 9.17) is 14.2 Å². The first-order chi connectivity index (χ1) is 10.7. The maximum Gasteiger partial charge on any atom is 0.310 e. The molecule has 0 N–H and O–H groups in total. The van der Waals surface area contributed by atoms with Gasteiger partial charge in [0.05, 0.1) is 20.1 Å². The highest BCUT2D eigenvalue weighted by molar-refractivity contribution is 5.72. The maximum atomic E-state index is 11.4. The van der Waals surface area contributed by atoms with E-state index in [0.29, 0.717) is 13.2 Å². The molecule has 0 radical (unpaired) electrons. The van der Waals surface area contributed by atoms with E-state index in [-0.39, 0.29) is 12.4 Å². The Balaban J connectivity index is 1.92. The van der Waals surface area contributed by atoms with Crippen LogP contribution in [0.5, 0.6) is 11.5 Å². The van der Waals surface area contributed by atoms with E-state index >= 15 is 0 Å². The summed E-state index contributed by atoms with van der Waals surface area (Å²) in [6, 6.07) is 15.2. The fourth-order valence-electron chi connectivity index (χ4n) is 2.07. The molecule has 0 saturated carbocycles. The first kappa shape index (κ1) is 15.9. The summed E-state index contributed by atoms with van der Waals surface area (Å²) in [5, 5.41) is 0. The number of para-hydroxylation sites is 1. The molecule has 0 bridgehead atoms. The van der Waals surface area contributed by atoms with Gasteiger partial charge in [-0.2, -0.15) is 0 Å². The zero-order valence-corrected chi connectivity index (χ0v) is 12.9. The van der Waals surface area contributed by atoms with E-state index in [2.05, 4.69) is 0 Å². The van der Waals surface area contributed by atoms with Gasteiger partial charge in [-0.1, -0.05) is 30.3 Å². The van der Waals surface area contributed by atoms with Crippen LogP contribution in [0.2, 0.25) is 0 Å². The standard InChI is InChI=1S/C18H20O4/c1-3-21-18(19)12-14-8-10-16(11-9-14)22-13-15-6-4-5-7-17(15)20-2/h4-11H,3,12-13H2,1-2H3. The zero-order chi connectivity index (χ0) is 15.8. The van der Waals surface area contributed by atoms with E-state index < -0.39 is 0 Å². The summed E-state index contributed by atoms with van der Waals surface area (Å²) in [5.41, 5.74) is 1.89. The van der Waals surface area contributed by atoms with Crippen molar-refractivity contribution in [2.45, 2.75) is 20.0 Å². The molecule has 22 heavy (non-hydrogen) atoms. The first-order valence-corrected chi connectivity index (χ1v) is 7.22. The minimum absolute atomic E-state index is 0.217. The summed E-state index contributed by atoms with van der Waals surface area (Å²) >= 11 is 0. The highest BCUT2D eigenvalue weighted by atomic mass is 16.5. The van der Waals surface area contributed by atoms with Crippen LogP contribution < -0.4 is 9.47 Å². The lowest BCUT2D eigenvalue weighted by atomic mass is 10.1. The Morgan fingerprint density at radius 2 is 1.77 bits per heavy atom. The Labute approximate surface area is 130 Å². The van der Waals surface area contributed by atoms with Crippen LogP contribution in [0.3, 0.4) is 0 Å². The van der Waals surface area contributed by atoms with Gasteiger partial charge in [-0.25, -0.2) is 0 Å². The quantitative estimate of drug-likeness (QED) is 0.735. The van der Waals surface area contributed by atoms with Crippen molar-refractivity contribution in [2.75, 3.05) is 13.7 Å². The van der Waals surface area contributed by atoms with Crippen LogP contribution >= 0.6 is 0 Å². The van der Waals surface area contributed by atoms with Gasteiger partial charge >= 0.3 is 5.97 Å². The van der Waals surface area contributed by atoms with Gasteiger partial charge in [0.2, 0.25) is 0 Å². The van der Waals surface area contributed by atoms with Crippen molar-refractivity contribution in [1.82, 2.24) is 0 Å². The number of carbonyl (C=O) groups excluding carboxylic acids is 1. The maximum absolute atomic E-state index is 11.4. The number of hydrogen-bond acceptors (Lipinski definition) is 4. The van der Waals surface area contributed by atoms with Crippen molar-refractivity contribution in [3.05, 3.63) is 59.7 Å². The van der Waals surface area contributed by atoms with Gasteiger partial charge < -0.3 is 14.2 Å². The van der Waals surface area contributed by atoms with Gasteiger partial charge in [0.1, 0.15) is 18.1 Å². The average molecular weight is 300 g/mol.